The summed E-state index contributed by atoms with van der Waals surface area (Å²) in [6, 6.07) is 12.9. The maximum atomic E-state index is 12.9. The third kappa shape index (κ3) is 3.48. The van der Waals surface area contributed by atoms with Crippen molar-refractivity contribution in [3.63, 3.8) is 0 Å². The molecule has 0 saturated carbocycles. The standard InChI is InChI=1S/C19H15BrClNO3/c1-11-14(9-18(23)24)13-4-2-3-5-17(13)22(19(11)25)10-12-6-7-15(20)16(21)8-12/h2-8H,9-10H2,1H3,(H,23,24). The first-order valence-electron chi connectivity index (χ1n) is 7.65. The Balaban J connectivity index is 2.22. The number of benzene rings is 2. The molecular weight excluding hydrogens is 406 g/mol. The van der Waals surface area contributed by atoms with E-state index in [9.17, 15) is 14.7 Å². The third-order valence-electron chi connectivity index (χ3n) is 4.19. The van der Waals surface area contributed by atoms with Crippen molar-refractivity contribution in [1.82, 2.24) is 4.57 Å². The molecule has 0 unspecified atom stereocenters. The molecule has 1 heterocycles. The first-order chi connectivity index (χ1) is 11.9. The molecule has 1 N–H and O–H groups in total. The van der Waals surface area contributed by atoms with E-state index in [1.54, 1.807) is 11.5 Å². The molecule has 2 aromatic carbocycles. The van der Waals surface area contributed by atoms with Crippen molar-refractivity contribution < 1.29 is 9.90 Å². The van der Waals surface area contributed by atoms with Crippen LogP contribution >= 0.6 is 27.5 Å². The van der Waals surface area contributed by atoms with Crippen molar-refractivity contribution in [3.8, 4) is 0 Å². The lowest BCUT2D eigenvalue weighted by Gasteiger charge is -2.16. The Morgan fingerprint density at radius 1 is 1.24 bits per heavy atom. The van der Waals surface area contributed by atoms with Crippen LogP contribution in [0.2, 0.25) is 5.02 Å². The number of carboxylic acids is 1. The Kier molecular flexibility index (Phi) is 4.97. The van der Waals surface area contributed by atoms with Crippen LogP contribution in [0.1, 0.15) is 16.7 Å². The number of para-hydroxylation sites is 1. The predicted molar refractivity (Wildman–Crippen MR) is 103 cm³/mol. The van der Waals surface area contributed by atoms with Gasteiger partial charge >= 0.3 is 5.97 Å². The molecule has 4 nitrogen and oxygen atoms in total. The first-order valence-corrected chi connectivity index (χ1v) is 8.82. The van der Waals surface area contributed by atoms with Crippen molar-refractivity contribution in [2.45, 2.75) is 19.9 Å². The summed E-state index contributed by atoms with van der Waals surface area (Å²) in [6.45, 7) is 2.04. The van der Waals surface area contributed by atoms with Gasteiger partial charge in [-0.1, -0.05) is 35.9 Å². The molecule has 0 radical (unpaired) electrons. The van der Waals surface area contributed by atoms with E-state index in [1.807, 2.05) is 42.5 Å². The molecule has 0 saturated heterocycles. The quantitative estimate of drug-likeness (QED) is 0.680. The van der Waals surface area contributed by atoms with Gasteiger partial charge in [0.2, 0.25) is 0 Å². The number of aliphatic carboxylic acids is 1. The number of fused-ring (bicyclic) bond motifs is 1. The molecule has 0 fully saturated rings. The van der Waals surface area contributed by atoms with Gasteiger partial charge in [0.1, 0.15) is 0 Å². The second-order valence-corrected chi connectivity index (χ2v) is 7.09. The van der Waals surface area contributed by atoms with Gasteiger partial charge in [-0.2, -0.15) is 0 Å². The molecule has 128 valence electrons. The fourth-order valence-electron chi connectivity index (χ4n) is 2.96. The molecule has 6 heteroatoms. The maximum absolute atomic E-state index is 12.9. The molecule has 25 heavy (non-hydrogen) atoms. The van der Waals surface area contributed by atoms with Gasteiger partial charge in [0.15, 0.2) is 0 Å². The van der Waals surface area contributed by atoms with Gasteiger partial charge in [0.05, 0.1) is 23.5 Å². The molecule has 0 spiro atoms. The van der Waals surface area contributed by atoms with Crippen LogP contribution in [0.5, 0.6) is 0 Å². The number of halogens is 2. The SMILES string of the molecule is Cc1c(CC(=O)O)c2ccccc2n(Cc2ccc(Br)c(Cl)c2)c1=O. The van der Waals surface area contributed by atoms with E-state index in [1.165, 1.54) is 0 Å². The van der Waals surface area contributed by atoms with Gasteiger partial charge in [-0.3, -0.25) is 9.59 Å². The molecule has 0 atom stereocenters. The number of hydrogen-bond donors (Lipinski definition) is 1. The fraction of sp³-hybridized carbons (Fsp3) is 0.158. The Labute approximate surface area is 157 Å². The summed E-state index contributed by atoms with van der Waals surface area (Å²) in [5.41, 5.74) is 2.45. The second-order valence-electron chi connectivity index (χ2n) is 5.83. The van der Waals surface area contributed by atoms with E-state index in [4.69, 9.17) is 11.6 Å². The molecule has 0 bridgehead atoms. The van der Waals surface area contributed by atoms with E-state index in [2.05, 4.69) is 15.9 Å². The maximum Gasteiger partial charge on any atom is 0.307 e. The van der Waals surface area contributed by atoms with Gasteiger partial charge in [0.25, 0.3) is 5.56 Å². The number of aromatic nitrogens is 1. The van der Waals surface area contributed by atoms with Crippen LogP contribution < -0.4 is 5.56 Å². The highest BCUT2D eigenvalue weighted by molar-refractivity contribution is 9.10. The number of hydrogen-bond acceptors (Lipinski definition) is 2. The number of pyridine rings is 1. The zero-order valence-corrected chi connectivity index (χ0v) is 15.8. The Bertz CT molecular complexity index is 1040. The van der Waals surface area contributed by atoms with Crippen molar-refractivity contribution >= 4 is 44.4 Å². The van der Waals surface area contributed by atoms with Crippen molar-refractivity contribution in [1.29, 1.82) is 0 Å². The smallest absolute Gasteiger partial charge is 0.307 e. The molecule has 3 rings (SSSR count). The number of carbonyl (C=O) groups is 1. The average molecular weight is 421 g/mol. The van der Waals surface area contributed by atoms with Gasteiger partial charge < -0.3 is 9.67 Å². The predicted octanol–water partition coefficient (Wildman–Crippen LogP) is 4.40. The zero-order chi connectivity index (χ0) is 18.1. The van der Waals surface area contributed by atoms with Gasteiger partial charge in [0, 0.05) is 15.4 Å². The molecule has 3 aromatic rings. The Hall–Kier alpha value is -2.11. The summed E-state index contributed by atoms with van der Waals surface area (Å²) in [5, 5.41) is 10.5. The van der Waals surface area contributed by atoms with E-state index in [0.29, 0.717) is 28.2 Å². The largest absolute Gasteiger partial charge is 0.481 e. The summed E-state index contributed by atoms with van der Waals surface area (Å²) in [7, 11) is 0. The highest BCUT2D eigenvalue weighted by atomic mass is 79.9. The molecule has 0 aliphatic heterocycles. The lowest BCUT2D eigenvalue weighted by molar-refractivity contribution is -0.136. The fourth-order valence-corrected chi connectivity index (χ4v) is 3.41. The lowest BCUT2D eigenvalue weighted by atomic mass is 10.0. The van der Waals surface area contributed by atoms with Crippen molar-refractivity contribution in [2.75, 3.05) is 0 Å². The zero-order valence-electron chi connectivity index (χ0n) is 13.4. The molecular formula is C19H15BrClNO3. The second kappa shape index (κ2) is 7.02. The van der Waals surface area contributed by atoms with E-state index in [0.717, 1.165) is 15.4 Å². The third-order valence-corrected chi connectivity index (χ3v) is 5.42. The van der Waals surface area contributed by atoms with Crippen LogP contribution in [-0.2, 0) is 17.8 Å². The van der Waals surface area contributed by atoms with E-state index < -0.39 is 5.97 Å². The van der Waals surface area contributed by atoms with E-state index >= 15 is 0 Å². The average Bonchev–Trinajstić information content (AvgIpc) is 2.58. The van der Waals surface area contributed by atoms with Crippen LogP contribution in [0.4, 0.5) is 0 Å². The van der Waals surface area contributed by atoms with Gasteiger partial charge in [-0.15, -0.1) is 0 Å². The normalized spacial score (nSPS) is 11.0. The molecule has 0 amide bonds. The lowest BCUT2D eigenvalue weighted by Crippen LogP contribution is -2.25. The summed E-state index contributed by atoms with van der Waals surface area (Å²) >= 11 is 9.51. The monoisotopic (exact) mass is 419 g/mol. The summed E-state index contributed by atoms with van der Waals surface area (Å²) in [6.07, 6.45) is -0.174. The Morgan fingerprint density at radius 2 is 1.96 bits per heavy atom. The molecule has 0 aliphatic carbocycles. The number of rotatable bonds is 4. The highest BCUT2D eigenvalue weighted by Gasteiger charge is 2.16. The molecule has 1 aromatic heterocycles. The topological polar surface area (TPSA) is 59.3 Å². The van der Waals surface area contributed by atoms with Crippen LogP contribution in [0.25, 0.3) is 10.9 Å². The minimum absolute atomic E-state index is 0.174. The summed E-state index contributed by atoms with van der Waals surface area (Å²) < 4.78 is 2.46. The molecule has 0 aliphatic rings. The van der Waals surface area contributed by atoms with Crippen LogP contribution in [0.3, 0.4) is 0 Å². The first kappa shape index (κ1) is 17.7. The number of nitrogens with zero attached hydrogens (tertiary/aromatic N) is 1. The van der Waals surface area contributed by atoms with Crippen LogP contribution in [-0.4, -0.2) is 15.6 Å². The van der Waals surface area contributed by atoms with Crippen LogP contribution in [0.15, 0.2) is 51.7 Å². The minimum atomic E-state index is -0.954. The summed E-state index contributed by atoms with van der Waals surface area (Å²) in [5.74, 6) is -0.954. The van der Waals surface area contributed by atoms with Crippen molar-refractivity contribution in [2.24, 2.45) is 0 Å². The van der Waals surface area contributed by atoms with Gasteiger partial charge in [-0.25, -0.2) is 0 Å². The van der Waals surface area contributed by atoms with Crippen LogP contribution in [0, 0.1) is 6.92 Å². The number of carboxylic acid groups (broad SMARTS) is 1. The van der Waals surface area contributed by atoms with Crippen molar-refractivity contribution in [3.05, 3.63) is 79.0 Å². The Morgan fingerprint density at radius 3 is 2.64 bits per heavy atom. The van der Waals surface area contributed by atoms with E-state index in [-0.39, 0.29) is 12.0 Å². The minimum Gasteiger partial charge on any atom is -0.481 e. The summed E-state index contributed by atoms with van der Waals surface area (Å²) in [4.78, 5) is 24.1. The highest BCUT2D eigenvalue weighted by Crippen LogP contribution is 2.25. The van der Waals surface area contributed by atoms with Gasteiger partial charge in [-0.05, 0) is 52.2 Å².